The summed E-state index contributed by atoms with van der Waals surface area (Å²) in [5.41, 5.74) is 0.471. The van der Waals surface area contributed by atoms with Gasteiger partial charge in [-0.25, -0.2) is 8.42 Å². The lowest BCUT2D eigenvalue weighted by Crippen LogP contribution is -2.34. The molecule has 140 valence electrons. The molecule has 2 aromatic carbocycles. The number of ether oxygens (including phenoxy) is 1. The molecule has 2 aromatic rings. The third-order valence-corrected chi connectivity index (χ3v) is 5.63. The topological polar surface area (TPSA) is 75.7 Å². The van der Waals surface area contributed by atoms with Crippen molar-refractivity contribution >= 4 is 37.5 Å². The standard InChI is InChI=1S/C18H21BrN2O4S/c1-3-21(4-2)18(22)13-25-16-9-11-17(12-10-16)26(23,24)20-15-7-5-14(19)6-8-15/h5-12,20H,3-4,13H2,1-2H3. The Morgan fingerprint density at radius 2 is 1.62 bits per heavy atom. The van der Waals surface area contributed by atoms with Gasteiger partial charge in [0.2, 0.25) is 0 Å². The fourth-order valence-corrected chi connectivity index (χ4v) is 3.58. The summed E-state index contributed by atoms with van der Waals surface area (Å²) >= 11 is 3.30. The molecule has 0 saturated heterocycles. The van der Waals surface area contributed by atoms with Crippen LogP contribution in [0.4, 0.5) is 5.69 Å². The first-order valence-corrected chi connectivity index (χ1v) is 10.4. The third-order valence-electron chi connectivity index (χ3n) is 3.71. The lowest BCUT2D eigenvalue weighted by atomic mass is 10.3. The number of hydrogen-bond acceptors (Lipinski definition) is 4. The maximum Gasteiger partial charge on any atom is 0.261 e. The molecule has 0 atom stereocenters. The first-order chi connectivity index (χ1) is 12.4. The first kappa shape index (κ1) is 20.3. The van der Waals surface area contributed by atoms with Gasteiger partial charge in [0.05, 0.1) is 4.90 Å². The SMILES string of the molecule is CCN(CC)C(=O)COc1ccc(S(=O)(=O)Nc2ccc(Br)cc2)cc1. The Labute approximate surface area is 162 Å². The molecule has 0 heterocycles. The molecule has 0 aliphatic carbocycles. The number of halogens is 1. The number of hydrogen-bond donors (Lipinski definition) is 1. The predicted molar refractivity (Wildman–Crippen MR) is 105 cm³/mol. The number of rotatable bonds is 8. The van der Waals surface area contributed by atoms with Crippen LogP contribution in [-0.2, 0) is 14.8 Å². The van der Waals surface area contributed by atoms with E-state index in [4.69, 9.17) is 4.74 Å². The van der Waals surface area contributed by atoms with Crippen LogP contribution in [0, 0.1) is 0 Å². The van der Waals surface area contributed by atoms with Crippen molar-refractivity contribution in [2.75, 3.05) is 24.4 Å². The van der Waals surface area contributed by atoms with E-state index in [0.29, 0.717) is 24.5 Å². The third kappa shape index (κ3) is 5.47. The summed E-state index contributed by atoms with van der Waals surface area (Å²) in [4.78, 5) is 13.7. The van der Waals surface area contributed by atoms with Crippen LogP contribution in [0.15, 0.2) is 57.9 Å². The molecule has 0 aliphatic rings. The highest BCUT2D eigenvalue weighted by molar-refractivity contribution is 9.10. The van der Waals surface area contributed by atoms with E-state index in [1.54, 1.807) is 29.2 Å². The van der Waals surface area contributed by atoms with E-state index in [0.717, 1.165) is 4.47 Å². The second kappa shape index (κ2) is 9.05. The number of likely N-dealkylation sites (N-methyl/N-ethyl adjacent to an activating group) is 1. The molecule has 6 nitrogen and oxygen atoms in total. The van der Waals surface area contributed by atoms with Crippen molar-refractivity contribution < 1.29 is 17.9 Å². The largest absolute Gasteiger partial charge is 0.484 e. The van der Waals surface area contributed by atoms with Gasteiger partial charge in [0.25, 0.3) is 15.9 Å². The molecule has 0 spiro atoms. The van der Waals surface area contributed by atoms with E-state index in [1.165, 1.54) is 24.3 Å². The number of nitrogens with one attached hydrogen (secondary N) is 1. The molecule has 2 rings (SSSR count). The predicted octanol–water partition coefficient (Wildman–Crippen LogP) is 3.50. The van der Waals surface area contributed by atoms with Crippen molar-refractivity contribution in [3.05, 3.63) is 53.0 Å². The van der Waals surface area contributed by atoms with Crippen molar-refractivity contribution in [3.63, 3.8) is 0 Å². The van der Waals surface area contributed by atoms with Crippen LogP contribution in [0.1, 0.15) is 13.8 Å². The van der Waals surface area contributed by atoms with E-state index >= 15 is 0 Å². The van der Waals surface area contributed by atoms with E-state index in [9.17, 15) is 13.2 Å². The minimum Gasteiger partial charge on any atom is -0.484 e. The van der Waals surface area contributed by atoms with Gasteiger partial charge in [0.1, 0.15) is 5.75 Å². The van der Waals surface area contributed by atoms with Crippen LogP contribution in [0.25, 0.3) is 0 Å². The van der Waals surface area contributed by atoms with Gasteiger partial charge in [-0.3, -0.25) is 9.52 Å². The zero-order valence-corrected chi connectivity index (χ0v) is 17.0. The normalized spacial score (nSPS) is 11.0. The second-order valence-corrected chi connectivity index (χ2v) is 8.04. The minimum atomic E-state index is -3.69. The first-order valence-electron chi connectivity index (χ1n) is 8.14. The van der Waals surface area contributed by atoms with E-state index < -0.39 is 10.0 Å². The number of nitrogens with zero attached hydrogens (tertiary/aromatic N) is 1. The lowest BCUT2D eigenvalue weighted by molar-refractivity contribution is -0.132. The summed E-state index contributed by atoms with van der Waals surface area (Å²) in [7, 11) is -3.69. The van der Waals surface area contributed by atoms with Crippen molar-refractivity contribution in [3.8, 4) is 5.75 Å². The summed E-state index contributed by atoms with van der Waals surface area (Å²) in [6.07, 6.45) is 0. The molecule has 0 aromatic heterocycles. The van der Waals surface area contributed by atoms with E-state index in [2.05, 4.69) is 20.7 Å². The molecule has 0 fully saturated rings. The van der Waals surface area contributed by atoms with Crippen LogP contribution < -0.4 is 9.46 Å². The molecule has 1 N–H and O–H groups in total. The maximum atomic E-state index is 12.4. The van der Waals surface area contributed by atoms with Crippen LogP contribution in [-0.4, -0.2) is 38.9 Å². The molecule has 0 radical (unpaired) electrons. The van der Waals surface area contributed by atoms with E-state index in [-0.39, 0.29) is 17.4 Å². The van der Waals surface area contributed by atoms with Crippen LogP contribution in [0.2, 0.25) is 0 Å². The number of carbonyl (C=O) groups excluding carboxylic acids is 1. The number of carbonyl (C=O) groups is 1. The Bertz CT molecular complexity index is 832. The fraction of sp³-hybridized carbons (Fsp3) is 0.278. The van der Waals surface area contributed by atoms with Gasteiger partial charge in [-0.15, -0.1) is 0 Å². The molecule has 8 heteroatoms. The average molecular weight is 441 g/mol. The second-order valence-electron chi connectivity index (χ2n) is 5.44. The lowest BCUT2D eigenvalue weighted by Gasteiger charge is -2.18. The summed E-state index contributed by atoms with van der Waals surface area (Å²) in [6.45, 7) is 4.97. The smallest absolute Gasteiger partial charge is 0.261 e. The van der Waals surface area contributed by atoms with Gasteiger partial charge >= 0.3 is 0 Å². The number of anilines is 1. The maximum absolute atomic E-state index is 12.4. The molecule has 0 saturated carbocycles. The highest BCUT2D eigenvalue weighted by Gasteiger charge is 2.15. The fourth-order valence-electron chi connectivity index (χ4n) is 2.26. The Kier molecular flexibility index (Phi) is 7.05. The molecule has 26 heavy (non-hydrogen) atoms. The van der Waals surface area contributed by atoms with Crippen LogP contribution in [0.3, 0.4) is 0 Å². The summed E-state index contributed by atoms with van der Waals surface area (Å²) in [5, 5.41) is 0. The van der Waals surface area contributed by atoms with Gasteiger partial charge in [-0.1, -0.05) is 15.9 Å². The van der Waals surface area contributed by atoms with Crippen molar-refractivity contribution in [1.29, 1.82) is 0 Å². The highest BCUT2D eigenvalue weighted by atomic mass is 79.9. The Hall–Kier alpha value is -2.06. The van der Waals surface area contributed by atoms with Crippen molar-refractivity contribution in [2.45, 2.75) is 18.7 Å². The van der Waals surface area contributed by atoms with Crippen LogP contribution >= 0.6 is 15.9 Å². The van der Waals surface area contributed by atoms with Crippen molar-refractivity contribution in [2.24, 2.45) is 0 Å². The highest BCUT2D eigenvalue weighted by Crippen LogP contribution is 2.20. The van der Waals surface area contributed by atoms with Gasteiger partial charge in [-0.05, 0) is 62.4 Å². The zero-order valence-electron chi connectivity index (χ0n) is 14.6. The summed E-state index contributed by atoms with van der Waals surface area (Å²) in [6, 6.07) is 12.8. The molecular weight excluding hydrogens is 420 g/mol. The van der Waals surface area contributed by atoms with Gasteiger partial charge < -0.3 is 9.64 Å². The molecule has 1 amide bonds. The molecule has 0 aliphatic heterocycles. The molecule has 0 bridgehead atoms. The van der Waals surface area contributed by atoms with Gasteiger partial charge in [-0.2, -0.15) is 0 Å². The molecule has 0 unspecified atom stereocenters. The zero-order chi connectivity index (χ0) is 19.2. The van der Waals surface area contributed by atoms with E-state index in [1.807, 2.05) is 13.8 Å². The minimum absolute atomic E-state index is 0.0785. The number of sulfonamides is 1. The molecular formula is C18H21BrN2O4S. The van der Waals surface area contributed by atoms with Crippen LogP contribution in [0.5, 0.6) is 5.75 Å². The number of benzene rings is 2. The Balaban J connectivity index is 2.01. The Morgan fingerprint density at radius 1 is 1.04 bits per heavy atom. The Morgan fingerprint density at radius 3 is 2.15 bits per heavy atom. The monoisotopic (exact) mass is 440 g/mol. The van der Waals surface area contributed by atoms with Gasteiger partial charge in [0, 0.05) is 23.2 Å². The summed E-state index contributed by atoms with van der Waals surface area (Å²) < 4.78 is 33.6. The van der Waals surface area contributed by atoms with Gasteiger partial charge in [0.15, 0.2) is 6.61 Å². The quantitative estimate of drug-likeness (QED) is 0.681. The number of amides is 1. The van der Waals surface area contributed by atoms with Crippen molar-refractivity contribution in [1.82, 2.24) is 4.90 Å². The average Bonchev–Trinajstić information content (AvgIpc) is 2.63. The summed E-state index contributed by atoms with van der Waals surface area (Å²) in [5.74, 6) is 0.330.